The summed E-state index contributed by atoms with van der Waals surface area (Å²) in [5.74, 6) is 0. The van der Waals surface area contributed by atoms with Crippen molar-refractivity contribution in [2.45, 2.75) is 38.9 Å². The predicted octanol–water partition coefficient (Wildman–Crippen LogP) is 1.90. The van der Waals surface area contributed by atoms with Gasteiger partial charge in [0.2, 0.25) is 0 Å². The minimum atomic E-state index is -0.447. The second-order valence-corrected chi connectivity index (χ2v) is 5.90. The van der Waals surface area contributed by atoms with E-state index >= 15 is 0 Å². The second kappa shape index (κ2) is 4.20. The molecule has 2 rings (SSSR count). The molecule has 1 aromatic rings. The SMILES string of the molecule is CC1(C)OB(c2ccccc2P=O)OC1(C)C. The van der Waals surface area contributed by atoms with Gasteiger partial charge in [-0.15, -0.1) is 0 Å². The molecule has 1 aliphatic rings. The zero-order valence-electron chi connectivity index (χ0n) is 10.6. The highest BCUT2D eigenvalue weighted by molar-refractivity contribution is 7.35. The Hall–Kier alpha value is -0.695. The summed E-state index contributed by atoms with van der Waals surface area (Å²) in [5.41, 5.74) is 0.0950. The van der Waals surface area contributed by atoms with Gasteiger partial charge < -0.3 is 9.31 Å². The van der Waals surface area contributed by atoms with E-state index in [-0.39, 0.29) is 19.7 Å². The minimum absolute atomic E-state index is 0.00898. The Morgan fingerprint density at radius 1 is 1.06 bits per heavy atom. The molecule has 17 heavy (non-hydrogen) atoms. The molecule has 0 atom stereocenters. The molecule has 0 bridgehead atoms. The summed E-state index contributed by atoms with van der Waals surface area (Å²) < 4.78 is 22.9. The number of benzene rings is 1. The van der Waals surface area contributed by atoms with Crippen molar-refractivity contribution in [1.82, 2.24) is 0 Å². The van der Waals surface area contributed by atoms with Crippen molar-refractivity contribution >= 4 is 26.3 Å². The average molecular weight is 250 g/mol. The molecule has 0 aromatic heterocycles. The zero-order chi connectivity index (χ0) is 12.7. The number of hydrogen-bond donors (Lipinski definition) is 0. The van der Waals surface area contributed by atoms with Crippen molar-refractivity contribution in [1.29, 1.82) is 0 Å². The van der Waals surface area contributed by atoms with Crippen molar-refractivity contribution < 1.29 is 13.9 Å². The highest BCUT2D eigenvalue weighted by atomic mass is 31.1. The fraction of sp³-hybridized carbons (Fsp3) is 0.500. The molecule has 1 fully saturated rings. The molecule has 90 valence electrons. The lowest BCUT2D eigenvalue weighted by Gasteiger charge is -2.32. The molecule has 0 N–H and O–H groups in total. The topological polar surface area (TPSA) is 35.5 Å². The van der Waals surface area contributed by atoms with E-state index in [1.807, 2.05) is 52.0 Å². The van der Waals surface area contributed by atoms with Crippen LogP contribution in [0.2, 0.25) is 0 Å². The van der Waals surface area contributed by atoms with Gasteiger partial charge in [0.05, 0.1) is 11.2 Å². The van der Waals surface area contributed by atoms with Crippen molar-refractivity contribution in [3.63, 3.8) is 0 Å². The molecule has 0 radical (unpaired) electrons. The lowest BCUT2D eigenvalue weighted by Crippen LogP contribution is -2.41. The maximum Gasteiger partial charge on any atom is 0.495 e. The Morgan fingerprint density at radius 3 is 2.12 bits per heavy atom. The van der Waals surface area contributed by atoms with Gasteiger partial charge in [-0.25, -0.2) is 0 Å². The van der Waals surface area contributed by atoms with E-state index in [2.05, 4.69) is 0 Å². The minimum Gasteiger partial charge on any atom is -0.399 e. The van der Waals surface area contributed by atoms with Crippen LogP contribution in [-0.4, -0.2) is 18.3 Å². The lowest BCUT2D eigenvalue weighted by atomic mass is 9.79. The number of hydrogen-bond acceptors (Lipinski definition) is 3. The van der Waals surface area contributed by atoms with E-state index in [9.17, 15) is 4.57 Å². The first-order valence-electron chi connectivity index (χ1n) is 5.65. The molecule has 1 heterocycles. The van der Waals surface area contributed by atoms with Crippen LogP contribution in [0.25, 0.3) is 0 Å². The second-order valence-electron chi connectivity index (χ2n) is 5.24. The van der Waals surface area contributed by atoms with Crippen LogP contribution >= 0.6 is 8.46 Å². The van der Waals surface area contributed by atoms with Crippen LogP contribution in [-0.2, 0) is 13.9 Å². The van der Waals surface area contributed by atoms with Gasteiger partial charge in [-0.2, -0.15) is 0 Å². The van der Waals surface area contributed by atoms with Gasteiger partial charge in [0.25, 0.3) is 0 Å². The molecule has 0 spiro atoms. The molecule has 1 saturated heterocycles. The summed E-state index contributed by atoms with van der Waals surface area (Å²) in [5, 5.41) is 0.714. The monoisotopic (exact) mass is 250 g/mol. The van der Waals surface area contributed by atoms with Gasteiger partial charge in [0.15, 0.2) is 8.46 Å². The van der Waals surface area contributed by atoms with Crippen LogP contribution < -0.4 is 10.8 Å². The Kier molecular flexibility index (Phi) is 3.15. The van der Waals surface area contributed by atoms with Gasteiger partial charge in [-0.05, 0) is 39.2 Å². The third-order valence-electron chi connectivity index (χ3n) is 3.54. The highest BCUT2D eigenvalue weighted by Gasteiger charge is 2.52. The molecule has 0 saturated carbocycles. The van der Waals surface area contributed by atoms with E-state index in [4.69, 9.17) is 9.31 Å². The van der Waals surface area contributed by atoms with Crippen LogP contribution in [0.15, 0.2) is 24.3 Å². The summed E-state index contributed by atoms with van der Waals surface area (Å²) in [4.78, 5) is 0. The lowest BCUT2D eigenvalue weighted by molar-refractivity contribution is 0.00578. The van der Waals surface area contributed by atoms with E-state index in [1.54, 1.807) is 0 Å². The fourth-order valence-electron chi connectivity index (χ4n) is 1.74. The quantitative estimate of drug-likeness (QED) is 0.594. The van der Waals surface area contributed by atoms with Crippen LogP contribution in [0.3, 0.4) is 0 Å². The largest absolute Gasteiger partial charge is 0.495 e. The maximum atomic E-state index is 11.1. The summed E-state index contributed by atoms with van der Waals surface area (Å²) in [6.07, 6.45) is 0. The molecule has 1 aliphatic heterocycles. The Bertz CT molecular complexity index is 429. The Morgan fingerprint density at radius 2 is 1.59 bits per heavy atom. The summed E-state index contributed by atoms with van der Waals surface area (Å²) in [6.45, 7) is 8.02. The first-order chi connectivity index (χ1) is 7.87. The van der Waals surface area contributed by atoms with Gasteiger partial charge >= 0.3 is 7.12 Å². The van der Waals surface area contributed by atoms with Gasteiger partial charge in [0.1, 0.15) is 0 Å². The molecule has 5 heteroatoms. The van der Waals surface area contributed by atoms with Crippen molar-refractivity contribution in [3.8, 4) is 0 Å². The summed E-state index contributed by atoms with van der Waals surface area (Å²) in [6, 6.07) is 7.46. The molecular weight excluding hydrogens is 234 g/mol. The van der Waals surface area contributed by atoms with Crippen molar-refractivity contribution in [3.05, 3.63) is 24.3 Å². The summed E-state index contributed by atoms with van der Waals surface area (Å²) >= 11 is 0. The molecule has 0 unspecified atom stereocenters. The fourth-order valence-corrected chi connectivity index (χ4v) is 2.17. The first-order valence-corrected chi connectivity index (χ1v) is 6.46. The molecule has 3 nitrogen and oxygen atoms in total. The van der Waals surface area contributed by atoms with E-state index in [0.29, 0.717) is 5.30 Å². The van der Waals surface area contributed by atoms with E-state index in [0.717, 1.165) is 5.46 Å². The number of rotatable bonds is 2. The third kappa shape index (κ3) is 2.17. The molecule has 0 aliphatic carbocycles. The molecular formula is C12H16BO3P. The van der Waals surface area contributed by atoms with Crippen molar-refractivity contribution in [2.24, 2.45) is 0 Å². The van der Waals surface area contributed by atoms with E-state index < -0.39 is 7.12 Å². The maximum absolute atomic E-state index is 11.1. The zero-order valence-corrected chi connectivity index (χ0v) is 11.5. The Balaban J connectivity index is 2.35. The van der Waals surface area contributed by atoms with E-state index in [1.165, 1.54) is 0 Å². The van der Waals surface area contributed by atoms with Crippen LogP contribution in [0.1, 0.15) is 27.7 Å². The van der Waals surface area contributed by atoms with Gasteiger partial charge in [-0.1, -0.05) is 18.2 Å². The van der Waals surface area contributed by atoms with Gasteiger partial charge in [0, 0.05) is 5.30 Å². The van der Waals surface area contributed by atoms with Crippen LogP contribution in [0.5, 0.6) is 0 Å². The Labute approximate surface area is 104 Å². The molecule has 1 aromatic carbocycles. The molecule has 0 amide bonds. The average Bonchev–Trinajstić information content (AvgIpc) is 2.48. The smallest absolute Gasteiger partial charge is 0.399 e. The highest BCUT2D eigenvalue weighted by Crippen LogP contribution is 2.36. The summed E-state index contributed by atoms with van der Waals surface area (Å²) in [7, 11) is -0.456. The first kappa shape index (κ1) is 12.8. The van der Waals surface area contributed by atoms with Crippen molar-refractivity contribution in [2.75, 3.05) is 0 Å². The standard InChI is InChI=1S/C12H16BO3P/c1-11(2)12(3,4)16-13(15-11)9-7-5-6-8-10(9)17-14/h5-8H,1-4H3. The predicted molar refractivity (Wildman–Crippen MR) is 69.4 cm³/mol. The third-order valence-corrected chi connectivity index (χ3v) is 4.15. The van der Waals surface area contributed by atoms with Crippen LogP contribution in [0, 0.1) is 0 Å². The van der Waals surface area contributed by atoms with Gasteiger partial charge in [-0.3, -0.25) is 4.57 Å². The van der Waals surface area contributed by atoms with Crippen LogP contribution in [0.4, 0.5) is 0 Å². The normalized spacial score (nSPS) is 22.0.